The first-order valence-electron chi connectivity index (χ1n) is 5.37. The monoisotopic (exact) mass is 302 g/mol. The molecule has 0 spiro atoms. The highest BCUT2D eigenvalue weighted by atomic mass is 79.9. The van der Waals surface area contributed by atoms with Crippen LogP contribution in [0, 0.1) is 25.7 Å². The topological polar surface area (TPSA) is 0 Å². The Bertz CT molecular complexity index is 592. The van der Waals surface area contributed by atoms with Crippen LogP contribution in [0.2, 0.25) is 0 Å². The molecule has 0 aliphatic heterocycles. The van der Waals surface area contributed by atoms with E-state index < -0.39 is 0 Å². The lowest BCUT2D eigenvalue weighted by Crippen LogP contribution is -1.83. The second-order valence-corrected chi connectivity index (χ2v) is 6.47. The molecular weight excluding hydrogens is 291 g/mol. The van der Waals surface area contributed by atoms with Crippen LogP contribution in [0.3, 0.4) is 0 Å². The normalized spacial score (nSPS) is 10.1. The molecular formula is C15H12BrP. The third kappa shape index (κ3) is 3.19. The van der Waals surface area contributed by atoms with Gasteiger partial charge in [-0.15, -0.1) is 0 Å². The number of hydrogen-bond donors (Lipinski definition) is 0. The molecule has 2 aromatic rings. The Morgan fingerprint density at radius 1 is 1.06 bits per heavy atom. The van der Waals surface area contributed by atoms with Crippen LogP contribution in [0.4, 0.5) is 0 Å². The SMILES string of the molecule is Cc1cc(Br)pc(C#Cc2ccccc2)c1C. The molecule has 2 heteroatoms. The molecule has 1 heterocycles. The number of aryl methyl sites for hydroxylation is 1. The van der Waals surface area contributed by atoms with E-state index in [-0.39, 0.29) is 0 Å². The van der Waals surface area contributed by atoms with Gasteiger partial charge in [0.15, 0.2) is 0 Å². The van der Waals surface area contributed by atoms with Gasteiger partial charge in [-0.05, 0) is 67.3 Å². The van der Waals surface area contributed by atoms with Crippen molar-refractivity contribution in [3.05, 3.63) is 62.6 Å². The molecule has 84 valence electrons. The minimum atomic E-state index is 1.06. The van der Waals surface area contributed by atoms with E-state index in [1.807, 2.05) is 30.3 Å². The Labute approximate surface area is 112 Å². The van der Waals surface area contributed by atoms with Crippen LogP contribution < -0.4 is 0 Å². The maximum Gasteiger partial charge on any atom is 0.0563 e. The highest BCUT2D eigenvalue weighted by Gasteiger charge is 2.01. The summed E-state index contributed by atoms with van der Waals surface area (Å²) in [5, 5.41) is 1.18. The van der Waals surface area contributed by atoms with Crippen LogP contribution >= 0.6 is 24.1 Å². The molecule has 0 aliphatic carbocycles. The fourth-order valence-electron chi connectivity index (χ4n) is 1.47. The van der Waals surface area contributed by atoms with E-state index in [1.54, 1.807) is 0 Å². The minimum absolute atomic E-state index is 1.06. The Kier molecular flexibility index (Phi) is 4.00. The van der Waals surface area contributed by atoms with E-state index >= 15 is 0 Å². The molecule has 0 radical (unpaired) electrons. The second kappa shape index (κ2) is 5.50. The quantitative estimate of drug-likeness (QED) is 0.598. The van der Waals surface area contributed by atoms with Crippen molar-refractivity contribution in [3.8, 4) is 11.8 Å². The number of hydrogen-bond acceptors (Lipinski definition) is 0. The summed E-state index contributed by atoms with van der Waals surface area (Å²) in [6.45, 7) is 4.25. The van der Waals surface area contributed by atoms with Crippen LogP contribution in [0.25, 0.3) is 0 Å². The Hall–Kier alpha value is -1.09. The number of halogens is 1. The summed E-state index contributed by atoms with van der Waals surface area (Å²) in [6, 6.07) is 12.2. The van der Waals surface area contributed by atoms with Crippen molar-refractivity contribution in [1.82, 2.24) is 0 Å². The Balaban J connectivity index is 2.41. The lowest BCUT2D eigenvalue weighted by Gasteiger charge is -2.02. The zero-order valence-electron chi connectivity index (χ0n) is 9.79. The fraction of sp³-hybridized carbons (Fsp3) is 0.133. The first kappa shape index (κ1) is 12.4. The molecule has 0 fully saturated rings. The molecule has 17 heavy (non-hydrogen) atoms. The molecule has 0 saturated carbocycles. The lowest BCUT2D eigenvalue weighted by molar-refractivity contribution is 1.35. The van der Waals surface area contributed by atoms with Gasteiger partial charge in [0.05, 0.1) is 5.30 Å². The zero-order chi connectivity index (χ0) is 12.3. The lowest BCUT2D eigenvalue weighted by atomic mass is 10.1. The Morgan fingerprint density at radius 3 is 2.47 bits per heavy atom. The van der Waals surface area contributed by atoms with Crippen molar-refractivity contribution in [2.75, 3.05) is 0 Å². The molecule has 1 aromatic carbocycles. The summed E-state index contributed by atoms with van der Waals surface area (Å²) >= 11 is 3.55. The van der Waals surface area contributed by atoms with Gasteiger partial charge in [0.25, 0.3) is 0 Å². The molecule has 0 atom stereocenters. The van der Waals surface area contributed by atoms with E-state index in [0.717, 1.165) is 13.8 Å². The second-order valence-electron chi connectivity index (χ2n) is 3.85. The van der Waals surface area contributed by atoms with Crippen molar-refractivity contribution in [1.29, 1.82) is 0 Å². The highest BCUT2D eigenvalue weighted by molar-refractivity contribution is 9.11. The summed E-state index contributed by atoms with van der Waals surface area (Å²) in [6.07, 6.45) is 0. The summed E-state index contributed by atoms with van der Waals surface area (Å²) in [5.41, 5.74) is 3.64. The van der Waals surface area contributed by atoms with Crippen LogP contribution in [0.5, 0.6) is 0 Å². The summed E-state index contributed by atoms with van der Waals surface area (Å²) in [7, 11) is 1.16. The summed E-state index contributed by atoms with van der Waals surface area (Å²) < 4.78 is 1.18. The zero-order valence-corrected chi connectivity index (χ0v) is 12.3. The average Bonchev–Trinajstić information content (AvgIpc) is 2.33. The van der Waals surface area contributed by atoms with Crippen LogP contribution in [-0.4, -0.2) is 0 Å². The molecule has 2 rings (SSSR count). The molecule has 0 bridgehead atoms. The van der Waals surface area contributed by atoms with E-state index in [0.29, 0.717) is 0 Å². The Morgan fingerprint density at radius 2 is 1.76 bits per heavy atom. The fourth-order valence-corrected chi connectivity index (χ4v) is 3.27. The third-order valence-electron chi connectivity index (χ3n) is 2.60. The van der Waals surface area contributed by atoms with Crippen LogP contribution in [0.1, 0.15) is 22.0 Å². The van der Waals surface area contributed by atoms with Gasteiger partial charge >= 0.3 is 0 Å². The smallest absolute Gasteiger partial charge is 0.0563 e. The van der Waals surface area contributed by atoms with Crippen molar-refractivity contribution in [3.63, 3.8) is 0 Å². The summed E-state index contributed by atoms with van der Waals surface area (Å²) in [5.74, 6) is 6.48. The molecule has 0 amide bonds. The van der Waals surface area contributed by atoms with Gasteiger partial charge < -0.3 is 0 Å². The molecule has 0 unspecified atom stereocenters. The molecule has 0 N–H and O–H groups in total. The van der Waals surface area contributed by atoms with E-state index in [2.05, 4.69) is 47.7 Å². The molecule has 0 aliphatic rings. The first-order chi connectivity index (χ1) is 8.16. The molecule has 1 aromatic heterocycles. The van der Waals surface area contributed by atoms with Gasteiger partial charge in [-0.2, -0.15) is 0 Å². The van der Waals surface area contributed by atoms with Gasteiger partial charge in [-0.3, -0.25) is 0 Å². The van der Waals surface area contributed by atoms with Crippen molar-refractivity contribution >= 4 is 24.1 Å². The van der Waals surface area contributed by atoms with Gasteiger partial charge in [0, 0.05) is 9.77 Å². The van der Waals surface area contributed by atoms with Gasteiger partial charge in [0.2, 0.25) is 0 Å². The predicted molar refractivity (Wildman–Crippen MR) is 78.6 cm³/mol. The van der Waals surface area contributed by atoms with Crippen LogP contribution in [0.15, 0.2) is 40.6 Å². The van der Waals surface area contributed by atoms with E-state index in [4.69, 9.17) is 0 Å². The summed E-state index contributed by atoms with van der Waals surface area (Å²) in [4.78, 5) is 0. The molecule has 0 saturated heterocycles. The van der Waals surface area contributed by atoms with Crippen molar-refractivity contribution in [2.24, 2.45) is 0 Å². The standard InChI is InChI=1S/C15H12BrP/c1-11-10-15(16)17-14(12(11)2)9-8-13-6-4-3-5-7-13/h3-7,10H,1-2H3. The number of benzene rings is 1. The largest absolute Gasteiger partial charge is 0.0622 e. The van der Waals surface area contributed by atoms with Gasteiger partial charge in [-0.25, -0.2) is 0 Å². The van der Waals surface area contributed by atoms with E-state index in [1.165, 1.54) is 20.6 Å². The third-order valence-corrected chi connectivity index (χ3v) is 4.37. The first-order valence-corrected chi connectivity index (χ1v) is 7.06. The average molecular weight is 303 g/mol. The maximum absolute atomic E-state index is 3.55. The van der Waals surface area contributed by atoms with Gasteiger partial charge in [0.1, 0.15) is 0 Å². The van der Waals surface area contributed by atoms with Crippen molar-refractivity contribution < 1.29 is 0 Å². The van der Waals surface area contributed by atoms with Crippen LogP contribution in [-0.2, 0) is 0 Å². The molecule has 0 nitrogen and oxygen atoms in total. The van der Waals surface area contributed by atoms with Crippen molar-refractivity contribution in [2.45, 2.75) is 13.8 Å². The highest BCUT2D eigenvalue weighted by Crippen LogP contribution is 2.30. The maximum atomic E-state index is 3.55. The number of rotatable bonds is 0. The minimum Gasteiger partial charge on any atom is -0.0622 e. The van der Waals surface area contributed by atoms with E-state index in [9.17, 15) is 0 Å². The van der Waals surface area contributed by atoms with Gasteiger partial charge in [-0.1, -0.05) is 30.0 Å². The predicted octanol–water partition coefficient (Wildman–Crippen LogP) is 5.05.